The summed E-state index contributed by atoms with van der Waals surface area (Å²) in [4.78, 5) is 0. The number of hydrogen-bond donors (Lipinski definition) is 1. The first-order chi connectivity index (χ1) is 7.84. The maximum absolute atomic E-state index is 3.50. The van der Waals surface area contributed by atoms with E-state index in [0.29, 0.717) is 0 Å². The molecule has 92 valence electrons. The van der Waals surface area contributed by atoms with Gasteiger partial charge in [0.25, 0.3) is 0 Å². The van der Waals surface area contributed by atoms with Gasteiger partial charge in [0.2, 0.25) is 0 Å². The molecule has 0 aliphatic rings. The van der Waals surface area contributed by atoms with Gasteiger partial charge < -0.3 is 9.88 Å². The Morgan fingerprint density at radius 3 is 2.56 bits per heavy atom. The second kappa shape index (κ2) is 8.40. The molecule has 0 aromatic carbocycles. The fourth-order valence-corrected chi connectivity index (χ4v) is 1.93. The molecule has 0 amide bonds. The quantitative estimate of drug-likeness (QED) is 0.633. The normalized spacial score (nSPS) is 10.9. The average molecular weight is 222 g/mol. The van der Waals surface area contributed by atoms with Crippen LogP contribution in [0.25, 0.3) is 0 Å². The number of unbranched alkanes of at least 4 members (excludes halogenated alkanes) is 5. The fourth-order valence-electron chi connectivity index (χ4n) is 1.93. The van der Waals surface area contributed by atoms with Crippen LogP contribution < -0.4 is 5.32 Å². The number of nitrogens with zero attached hydrogens (tertiary/aromatic N) is 1. The lowest BCUT2D eigenvalue weighted by Crippen LogP contribution is -2.16. The van der Waals surface area contributed by atoms with E-state index in [1.54, 1.807) is 0 Å². The van der Waals surface area contributed by atoms with E-state index in [2.05, 4.69) is 42.2 Å². The predicted molar refractivity (Wildman–Crippen MR) is 70.5 cm³/mol. The number of hydrogen-bond acceptors (Lipinski definition) is 1. The van der Waals surface area contributed by atoms with Gasteiger partial charge in [-0.05, 0) is 25.1 Å². The van der Waals surface area contributed by atoms with Crippen molar-refractivity contribution in [2.45, 2.75) is 52.0 Å². The molecule has 0 saturated heterocycles. The molecule has 0 saturated carbocycles. The molecule has 1 aromatic rings. The molecular weight excluding hydrogens is 196 g/mol. The first-order valence-electron chi connectivity index (χ1n) is 6.65. The molecule has 1 rings (SSSR count). The topological polar surface area (TPSA) is 17.0 Å². The minimum Gasteiger partial charge on any atom is -0.353 e. The highest BCUT2D eigenvalue weighted by molar-refractivity contribution is 5.05. The van der Waals surface area contributed by atoms with Crippen LogP contribution in [0.5, 0.6) is 0 Å². The lowest BCUT2D eigenvalue weighted by atomic mass is 10.1. The highest BCUT2D eigenvalue weighted by Gasteiger charge is 1.95. The zero-order valence-electron chi connectivity index (χ0n) is 10.8. The van der Waals surface area contributed by atoms with E-state index < -0.39 is 0 Å². The van der Waals surface area contributed by atoms with Crippen LogP contribution in [0, 0.1) is 0 Å². The molecule has 16 heavy (non-hydrogen) atoms. The third-order valence-electron chi connectivity index (χ3n) is 3.06. The molecule has 2 heteroatoms. The van der Waals surface area contributed by atoms with Crippen molar-refractivity contribution >= 4 is 0 Å². The van der Waals surface area contributed by atoms with E-state index >= 15 is 0 Å². The number of aromatic nitrogens is 1. The fraction of sp³-hybridized carbons (Fsp3) is 0.714. The van der Waals surface area contributed by atoms with Crippen molar-refractivity contribution < 1.29 is 0 Å². The Morgan fingerprint density at radius 1 is 1.12 bits per heavy atom. The monoisotopic (exact) mass is 222 g/mol. The molecule has 2 nitrogen and oxygen atoms in total. The summed E-state index contributed by atoms with van der Waals surface area (Å²) in [6, 6.07) is 4.27. The zero-order chi connectivity index (χ0) is 11.6. The minimum atomic E-state index is 0.998. The summed E-state index contributed by atoms with van der Waals surface area (Å²) in [7, 11) is 2.10. The van der Waals surface area contributed by atoms with Gasteiger partial charge in [0.1, 0.15) is 0 Å². The molecule has 0 spiro atoms. The first-order valence-corrected chi connectivity index (χ1v) is 6.65. The second-order valence-electron chi connectivity index (χ2n) is 4.55. The minimum absolute atomic E-state index is 0.998. The van der Waals surface area contributed by atoms with E-state index in [1.165, 1.54) is 44.2 Å². The van der Waals surface area contributed by atoms with Crippen LogP contribution in [-0.2, 0) is 13.6 Å². The van der Waals surface area contributed by atoms with Crippen molar-refractivity contribution in [3.05, 3.63) is 24.0 Å². The molecule has 0 atom stereocenters. The summed E-state index contributed by atoms with van der Waals surface area (Å²) in [5, 5.41) is 3.50. The zero-order valence-corrected chi connectivity index (χ0v) is 10.8. The number of aryl methyl sites for hydroxylation is 1. The molecule has 0 bridgehead atoms. The third kappa shape index (κ3) is 5.36. The Balaban J connectivity index is 1.91. The van der Waals surface area contributed by atoms with Crippen molar-refractivity contribution in [1.29, 1.82) is 0 Å². The van der Waals surface area contributed by atoms with Crippen molar-refractivity contribution in [2.75, 3.05) is 6.54 Å². The molecule has 0 fully saturated rings. The van der Waals surface area contributed by atoms with E-state index in [0.717, 1.165) is 13.1 Å². The summed E-state index contributed by atoms with van der Waals surface area (Å²) < 4.78 is 2.17. The second-order valence-corrected chi connectivity index (χ2v) is 4.55. The maximum atomic E-state index is 3.50. The van der Waals surface area contributed by atoms with Gasteiger partial charge in [0.05, 0.1) is 0 Å². The van der Waals surface area contributed by atoms with Crippen LogP contribution in [0.15, 0.2) is 18.3 Å². The van der Waals surface area contributed by atoms with Crippen molar-refractivity contribution in [2.24, 2.45) is 7.05 Å². The first kappa shape index (κ1) is 13.3. The smallest absolute Gasteiger partial charge is 0.0359 e. The van der Waals surface area contributed by atoms with Gasteiger partial charge in [-0.1, -0.05) is 39.0 Å². The lowest BCUT2D eigenvalue weighted by molar-refractivity contribution is 0.565. The van der Waals surface area contributed by atoms with E-state index in [1.807, 2.05) is 0 Å². The van der Waals surface area contributed by atoms with Crippen molar-refractivity contribution in [1.82, 2.24) is 9.88 Å². The Labute approximate surface area is 100 Å². The van der Waals surface area contributed by atoms with Crippen LogP contribution in [0.1, 0.15) is 51.1 Å². The molecule has 0 aliphatic carbocycles. The van der Waals surface area contributed by atoms with Crippen LogP contribution in [0.2, 0.25) is 0 Å². The number of rotatable bonds is 9. The van der Waals surface area contributed by atoms with E-state index in [9.17, 15) is 0 Å². The third-order valence-corrected chi connectivity index (χ3v) is 3.06. The van der Waals surface area contributed by atoms with Gasteiger partial charge in [0.15, 0.2) is 0 Å². The highest BCUT2D eigenvalue weighted by atomic mass is 15.0. The molecular formula is C14H26N2. The Morgan fingerprint density at radius 2 is 1.88 bits per heavy atom. The summed E-state index contributed by atoms with van der Waals surface area (Å²) in [5.41, 5.74) is 1.37. The van der Waals surface area contributed by atoms with Gasteiger partial charge in [-0.25, -0.2) is 0 Å². The molecule has 0 unspecified atom stereocenters. The Kier molecular flexibility index (Phi) is 6.98. The lowest BCUT2D eigenvalue weighted by Gasteiger charge is -2.06. The van der Waals surface area contributed by atoms with Gasteiger partial charge in [-0.3, -0.25) is 0 Å². The maximum Gasteiger partial charge on any atom is 0.0359 e. The Bertz CT molecular complexity index is 265. The summed E-state index contributed by atoms with van der Waals surface area (Å²) in [5.74, 6) is 0. The Hall–Kier alpha value is -0.760. The molecule has 1 aromatic heterocycles. The van der Waals surface area contributed by atoms with Crippen LogP contribution in [0.4, 0.5) is 0 Å². The standard InChI is InChI=1S/C14H26N2/c1-3-4-5-6-7-8-11-15-13-14-10-9-12-16(14)2/h9-10,12,15H,3-8,11,13H2,1-2H3. The van der Waals surface area contributed by atoms with Gasteiger partial charge in [-0.15, -0.1) is 0 Å². The van der Waals surface area contributed by atoms with E-state index in [-0.39, 0.29) is 0 Å². The van der Waals surface area contributed by atoms with Gasteiger partial charge >= 0.3 is 0 Å². The molecule has 0 radical (unpaired) electrons. The molecule has 1 N–H and O–H groups in total. The highest BCUT2D eigenvalue weighted by Crippen LogP contribution is 2.04. The summed E-state index contributed by atoms with van der Waals surface area (Å²) in [6.45, 7) is 4.41. The largest absolute Gasteiger partial charge is 0.353 e. The van der Waals surface area contributed by atoms with Gasteiger partial charge in [-0.2, -0.15) is 0 Å². The van der Waals surface area contributed by atoms with Crippen molar-refractivity contribution in [3.8, 4) is 0 Å². The predicted octanol–water partition coefficient (Wildman–Crippen LogP) is 3.48. The molecule has 1 heterocycles. The SMILES string of the molecule is CCCCCCCCNCc1cccn1C. The van der Waals surface area contributed by atoms with Crippen LogP contribution in [-0.4, -0.2) is 11.1 Å². The molecule has 0 aliphatic heterocycles. The average Bonchev–Trinajstić information content (AvgIpc) is 2.68. The summed E-state index contributed by atoms with van der Waals surface area (Å²) >= 11 is 0. The van der Waals surface area contributed by atoms with Gasteiger partial charge in [0, 0.05) is 25.5 Å². The van der Waals surface area contributed by atoms with Crippen molar-refractivity contribution in [3.63, 3.8) is 0 Å². The number of nitrogens with one attached hydrogen (secondary N) is 1. The summed E-state index contributed by atoms with van der Waals surface area (Å²) in [6.07, 6.45) is 10.3. The van der Waals surface area contributed by atoms with Crippen LogP contribution >= 0.6 is 0 Å². The van der Waals surface area contributed by atoms with Crippen LogP contribution in [0.3, 0.4) is 0 Å². The van der Waals surface area contributed by atoms with E-state index in [4.69, 9.17) is 0 Å².